The molecule has 0 rings (SSSR count). The molecule has 2 nitrogen and oxygen atoms in total. The molecular weight excluding hydrogens is 140 g/mol. The van der Waals surface area contributed by atoms with Crippen LogP contribution < -0.4 is 0 Å². The second-order valence-electron chi connectivity index (χ2n) is 2.67. The van der Waals surface area contributed by atoms with Crippen molar-refractivity contribution in [3.8, 4) is 0 Å². The predicted molar refractivity (Wildman–Crippen MR) is 46.8 cm³/mol. The molecule has 2 heteroatoms. The van der Waals surface area contributed by atoms with Crippen molar-refractivity contribution >= 4 is 0 Å². The Balaban J connectivity index is 2.69. The Morgan fingerprint density at radius 1 is 0.909 bits per heavy atom. The van der Waals surface area contributed by atoms with Gasteiger partial charge in [0.15, 0.2) is 0 Å². The van der Waals surface area contributed by atoms with Crippen LogP contribution in [-0.2, 0) is 9.47 Å². The lowest BCUT2D eigenvalue weighted by atomic mass is 10.3. The minimum atomic E-state index is 0.858. The first-order chi connectivity index (χ1) is 5.41. The van der Waals surface area contributed by atoms with E-state index >= 15 is 0 Å². The molecule has 0 saturated carbocycles. The van der Waals surface area contributed by atoms with E-state index in [4.69, 9.17) is 9.47 Å². The third-order valence-electron chi connectivity index (χ3n) is 1.53. The van der Waals surface area contributed by atoms with E-state index in [0.29, 0.717) is 0 Å². The van der Waals surface area contributed by atoms with Gasteiger partial charge in [0, 0.05) is 26.9 Å². The summed E-state index contributed by atoms with van der Waals surface area (Å²) in [4.78, 5) is 0. The molecule has 0 aliphatic heterocycles. The highest BCUT2D eigenvalue weighted by Gasteiger charge is 1.88. The van der Waals surface area contributed by atoms with Crippen LogP contribution in [0.2, 0.25) is 0 Å². The van der Waals surface area contributed by atoms with Gasteiger partial charge in [-0.05, 0) is 19.3 Å². The van der Waals surface area contributed by atoms with Gasteiger partial charge in [-0.25, -0.2) is 0 Å². The molecule has 0 N–H and O–H groups in total. The molecule has 0 atom stereocenters. The molecule has 0 aromatic rings. The van der Waals surface area contributed by atoms with Crippen LogP contribution in [0.4, 0.5) is 0 Å². The maximum Gasteiger partial charge on any atom is 0.0466 e. The number of hydrogen-bond donors (Lipinski definition) is 0. The van der Waals surface area contributed by atoms with Crippen LogP contribution in [0.5, 0.6) is 0 Å². The molecule has 0 aromatic carbocycles. The SMILES string of the molecule is CCCCOCCCCOC. The summed E-state index contributed by atoms with van der Waals surface area (Å²) in [5.41, 5.74) is 0. The van der Waals surface area contributed by atoms with Crippen LogP contribution in [0.1, 0.15) is 32.6 Å². The highest BCUT2D eigenvalue weighted by molar-refractivity contribution is 4.37. The van der Waals surface area contributed by atoms with Gasteiger partial charge in [0.1, 0.15) is 0 Å². The maximum atomic E-state index is 5.37. The molecule has 0 aliphatic carbocycles. The van der Waals surface area contributed by atoms with Crippen molar-refractivity contribution in [1.29, 1.82) is 0 Å². The fourth-order valence-corrected chi connectivity index (χ4v) is 0.799. The average Bonchev–Trinajstić information content (AvgIpc) is 2.03. The maximum absolute atomic E-state index is 5.37. The second-order valence-corrected chi connectivity index (χ2v) is 2.67. The third-order valence-corrected chi connectivity index (χ3v) is 1.53. The van der Waals surface area contributed by atoms with Crippen LogP contribution in [0.25, 0.3) is 0 Å². The van der Waals surface area contributed by atoms with Gasteiger partial charge >= 0.3 is 0 Å². The second kappa shape index (κ2) is 9.92. The topological polar surface area (TPSA) is 18.5 Å². The number of hydrogen-bond acceptors (Lipinski definition) is 2. The molecule has 0 aromatic heterocycles. The Labute approximate surface area is 69.9 Å². The minimum absolute atomic E-state index is 0.858. The normalized spacial score (nSPS) is 10.4. The monoisotopic (exact) mass is 160 g/mol. The van der Waals surface area contributed by atoms with E-state index in [1.807, 2.05) is 0 Å². The summed E-state index contributed by atoms with van der Waals surface area (Å²) < 4.78 is 10.3. The summed E-state index contributed by atoms with van der Waals surface area (Å²) in [6.07, 6.45) is 4.64. The first-order valence-corrected chi connectivity index (χ1v) is 4.48. The smallest absolute Gasteiger partial charge is 0.0466 e. The Bertz CT molecular complexity index is 56.6. The molecule has 0 amide bonds. The van der Waals surface area contributed by atoms with Gasteiger partial charge in [-0.1, -0.05) is 13.3 Å². The van der Waals surface area contributed by atoms with Crippen LogP contribution in [0.15, 0.2) is 0 Å². The summed E-state index contributed by atoms with van der Waals surface area (Å²) in [6, 6.07) is 0. The highest BCUT2D eigenvalue weighted by Crippen LogP contribution is 1.92. The largest absolute Gasteiger partial charge is 0.385 e. The van der Waals surface area contributed by atoms with Crippen molar-refractivity contribution < 1.29 is 9.47 Å². The lowest BCUT2D eigenvalue weighted by Crippen LogP contribution is -1.98. The van der Waals surface area contributed by atoms with E-state index in [1.165, 1.54) is 12.8 Å². The van der Waals surface area contributed by atoms with Crippen molar-refractivity contribution in [2.24, 2.45) is 0 Å². The number of unbranched alkanes of at least 4 members (excludes halogenated alkanes) is 2. The number of ether oxygens (including phenoxy) is 2. The van der Waals surface area contributed by atoms with Crippen molar-refractivity contribution in [3.63, 3.8) is 0 Å². The van der Waals surface area contributed by atoms with Crippen molar-refractivity contribution in [2.75, 3.05) is 26.9 Å². The fourth-order valence-electron chi connectivity index (χ4n) is 0.799. The molecule has 0 aliphatic rings. The van der Waals surface area contributed by atoms with Gasteiger partial charge in [0.25, 0.3) is 0 Å². The van der Waals surface area contributed by atoms with Gasteiger partial charge in [-0.3, -0.25) is 0 Å². The lowest BCUT2D eigenvalue weighted by molar-refractivity contribution is 0.117. The van der Waals surface area contributed by atoms with E-state index in [0.717, 1.165) is 32.7 Å². The van der Waals surface area contributed by atoms with E-state index in [9.17, 15) is 0 Å². The number of rotatable bonds is 8. The molecule has 0 heterocycles. The van der Waals surface area contributed by atoms with Crippen LogP contribution in [-0.4, -0.2) is 26.9 Å². The van der Waals surface area contributed by atoms with E-state index in [-0.39, 0.29) is 0 Å². The Kier molecular flexibility index (Phi) is 9.85. The summed E-state index contributed by atoms with van der Waals surface area (Å²) in [7, 11) is 1.73. The van der Waals surface area contributed by atoms with Gasteiger partial charge in [-0.2, -0.15) is 0 Å². The van der Waals surface area contributed by atoms with Gasteiger partial charge in [0.05, 0.1) is 0 Å². The van der Waals surface area contributed by atoms with Crippen molar-refractivity contribution in [3.05, 3.63) is 0 Å². The summed E-state index contributed by atoms with van der Waals surface area (Å²) >= 11 is 0. The van der Waals surface area contributed by atoms with Crippen molar-refractivity contribution in [1.82, 2.24) is 0 Å². The standard InChI is InChI=1S/C9H20O2/c1-3-4-8-11-9-6-5-7-10-2/h3-9H2,1-2H3. The van der Waals surface area contributed by atoms with Crippen LogP contribution in [0.3, 0.4) is 0 Å². The van der Waals surface area contributed by atoms with E-state index in [2.05, 4.69) is 6.92 Å². The average molecular weight is 160 g/mol. The zero-order valence-corrected chi connectivity index (χ0v) is 7.77. The highest BCUT2D eigenvalue weighted by atomic mass is 16.5. The van der Waals surface area contributed by atoms with Gasteiger partial charge in [0.2, 0.25) is 0 Å². The lowest BCUT2D eigenvalue weighted by Gasteiger charge is -2.01. The summed E-state index contributed by atoms with van der Waals surface area (Å²) in [6.45, 7) is 4.85. The molecule has 0 spiro atoms. The molecular formula is C9H20O2. The molecule has 0 bridgehead atoms. The Morgan fingerprint density at radius 2 is 1.55 bits per heavy atom. The summed E-state index contributed by atoms with van der Waals surface area (Å²) in [5.74, 6) is 0. The van der Waals surface area contributed by atoms with Crippen LogP contribution in [0, 0.1) is 0 Å². The Morgan fingerprint density at radius 3 is 2.18 bits per heavy atom. The minimum Gasteiger partial charge on any atom is -0.385 e. The van der Waals surface area contributed by atoms with Gasteiger partial charge < -0.3 is 9.47 Å². The molecule has 0 radical (unpaired) electrons. The summed E-state index contributed by atoms with van der Waals surface area (Å²) in [5, 5.41) is 0. The van der Waals surface area contributed by atoms with Crippen LogP contribution >= 0.6 is 0 Å². The zero-order valence-electron chi connectivity index (χ0n) is 7.77. The molecule has 0 unspecified atom stereocenters. The quantitative estimate of drug-likeness (QED) is 0.507. The Hall–Kier alpha value is -0.0800. The zero-order chi connectivity index (χ0) is 8.36. The number of methoxy groups -OCH3 is 1. The fraction of sp³-hybridized carbons (Fsp3) is 1.00. The first-order valence-electron chi connectivity index (χ1n) is 4.48. The van der Waals surface area contributed by atoms with E-state index in [1.54, 1.807) is 7.11 Å². The molecule has 11 heavy (non-hydrogen) atoms. The molecule has 0 saturated heterocycles. The first kappa shape index (κ1) is 10.9. The van der Waals surface area contributed by atoms with E-state index < -0.39 is 0 Å². The predicted octanol–water partition coefficient (Wildman–Crippen LogP) is 2.23. The van der Waals surface area contributed by atoms with Gasteiger partial charge in [-0.15, -0.1) is 0 Å². The third kappa shape index (κ3) is 9.92. The van der Waals surface area contributed by atoms with Crippen molar-refractivity contribution in [2.45, 2.75) is 32.6 Å². The molecule has 68 valence electrons. The molecule has 0 fully saturated rings.